The van der Waals surface area contributed by atoms with Crippen molar-refractivity contribution in [3.63, 3.8) is 0 Å². The lowest BCUT2D eigenvalue weighted by molar-refractivity contribution is -0.113. The van der Waals surface area contributed by atoms with Gasteiger partial charge in [-0.15, -0.1) is 0 Å². The van der Waals surface area contributed by atoms with Crippen molar-refractivity contribution in [3.05, 3.63) is 90.3 Å². The highest BCUT2D eigenvalue weighted by molar-refractivity contribution is 7.99. The molecule has 0 saturated heterocycles. The minimum Gasteiger partial charge on any atom is -0.467 e. The number of carbonyl (C=O) groups is 1. The molecule has 0 spiro atoms. The smallest absolute Gasteiger partial charge is 0.234 e. The van der Waals surface area contributed by atoms with E-state index in [1.807, 2.05) is 47.9 Å². The van der Waals surface area contributed by atoms with Gasteiger partial charge in [-0.3, -0.25) is 4.79 Å². The number of imidazole rings is 1. The summed E-state index contributed by atoms with van der Waals surface area (Å²) in [6.07, 6.45) is 3.35. The van der Waals surface area contributed by atoms with Gasteiger partial charge in [0.1, 0.15) is 11.6 Å². The van der Waals surface area contributed by atoms with Crippen molar-refractivity contribution in [1.29, 1.82) is 0 Å². The van der Waals surface area contributed by atoms with Crippen molar-refractivity contribution in [2.24, 2.45) is 0 Å². The third kappa shape index (κ3) is 4.80. The van der Waals surface area contributed by atoms with Crippen LogP contribution in [0.4, 0.5) is 10.1 Å². The van der Waals surface area contributed by atoms with Crippen LogP contribution in [-0.2, 0) is 11.3 Å². The number of amides is 1. The van der Waals surface area contributed by atoms with E-state index in [0.29, 0.717) is 11.7 Å². The van der Waals surface area contributed by atoms with Crippen molar-refractivity contribution < 1.29 is 13.6 Å². The summed E-state index contributed by atoms with van der Waals surface area (Å²) in [4.78, 5) is 16.9. The Balaban J connectivity index is 1.52. The molecule has 1 amide bonds. The Labute approximate surface area is 177 Å². The van der Waals surface area contributed by atoms with E-state index >= 15 is 0 Å². The molecule has 0 aliphatic carbocycles. The molecule has 4 aromatic rings. The van der Waals surface area contributed by atoms with Gasteiger partial charge in [-0.05, 0) is 61.0 Å². The van der Waals surface area contributed by atoms with Crippen LogP contribution in [0.15, 0.2) is 82.7 Å². The van der Waals surface area contributed by atoms with E-state index in [-0.39, 0.29) is 17.5 Å². The van der Waals surface area contributed by atoms with Gasteiger partial charge in [0.15, 0.2) is 5.16 Å². The fraction of sp³-hybridized carbons (Fsp3) is 0.130. The van der Waals surface area contributed by atoms with Gasteiger partial charge in [0.25, 0.3) is 0 Å². The molecule has 0 aliphatic rings. The number of hydrogen-bond acceptors (Lipinski definition) is 4. The third-order valence-corrected chi connectivity index (χ3v) is 5.51. The number of furan rings is 1. The van der Waals surface area contributed by atoms with Gasteiger partial charge in [-0.25, -0.2) is 9.37 Å². The second-order valence-corrected chi connectivity index (χ2v) is 7.74. The zero-order valence-electron chi connectivity index (χ0n) is 16.3. The molecule has 0 aliphatic heterocycles. The Hall–Kier alpha value is -3.32. The lowest BCUT2D eigenvalue weighted by Gasteiger charge is -2.11. The van der Waals surface area contributed by atoms with Gasteiger partial charge in [-0.1, -0.05) is 29.5 Å². The summed E-state index contributed by atoms with van der Waals surface area (Å²) in [7, 11) is 0. The molecule has 0 atom stereocenters. The minimum atomic E-state index is -0.293. The molecule has 4 rings (SSSR count). The largest absolute Gasteiger partial charge is 0.467 e. The number of anilines is 1. The van der Waals surface area contributed by atoms with Gasteiger partial charge in [-0.2, -0.15) is 0 Å². The molecule has 30 heavy (non-hydrogen) atoms. The van der Waals surface area contributed by atoms with E-state index in [1.54, 1.807) is 24.6 Å². The van der Waals surface area contributed by atoms with Crippen molar-refractivity contribution in [1.82, 2.24) is 9.55 Å². The van der Waals surface area contributed by atoms with E-state index in [1.165, 1.54) is 23.9 Å². The van der Waals surface area contributed by atoms with Crippen molar-refractivity contribution in [2.45, 2.75) is 18.6 Å². The maximum Gasteiger partial charge on any atom is 0.234 e. The van der Waals surface area contributed by atoms with Crippen LogP contribution in [0.3, 0.4) is 0 Å². The number of hydrogen-bond donors (Lipinski definition) is 1. The maximum absolute atomic E-state index is 13.3. The summed E-state index contributed by atoms with van der Waals surface area (Å²) < 4.78 is 20.8. The Morgan fingerprint density at radius 3 is 2.60 bits per heavy atom. The molecule has 1 N–H and O–H groups in total. The lowest BCUT2D eigenvalue weighted by atomic mass is 10.1. The highest BCUT2D eigenvalue weighted by atomic mass is 32.2. The van der Waals surface area contributed by atoms with E-state index < -0.39 is 0 Å². The second-order valence-electron chi connectivity index (χ2n) is 6.80. The molecule has 0 saturated carbocycles. The van der Waals surface area contributed by atoms with Gasteiger partial charge >= 0.3 is 0 Å². The van der Waals surface area contributed by atoms with Crippen LogP contribution >= 0.6 is 11.8 Å². The van der Waals surface area contributed by atoms with Crippen molar-refractivity contribution >= 4 is 23.4 Å². The predicted octanol–water partition coefficient (Wildman–Crippen LogP) is 5.37. The van der Waals surface area contributed by atoms with E-state index in [0.717, 1.165) is 28.3 Å². The Bertz CT molecular complexity index is 1120. The highest BCUT2D eigenvalue weighted by Crippen LogP contribution is 2.27. The average molecular weight is 421 g/mol. The molecule has 0 radical (unpaired) electrons. The average Bonchev–Trinajstić information content (AvgIpc) is 3.39. The van der Waals surface area contributed by atoms with E-state index in [4.69, 9.17) is 4.42 Å². The summed E-state index contributed by atoms with van der Waals surface area (Å²) >= 11 is 1.34. The zero-order valence-corrected chi connectivity index (χ0v) is 17.2. The van der Waals surface area contributed by atoms with Gasteiger partial charge in [0.2, 0.25) is 5.91 Å². The Kier molecular flexibility index (Phi) is 5.99. The molecular formula is C23H20FN3O2S. The SMILES string of the molecule is Cc1ccc(NC(=O)CSc2ncc(-c3ccc(F)cc3)n2Cc2ccco2)cc1. The summed E-state index contributed by atoms with van der Waals surface area (Å²) in [5, 5.41) is 3.58. The molecule has 0 fully saturated rings. The first-order chi connectivity index (χ1) is 14.6. The van der Waals surface area contributed by atoms with Crippen LogP contribution in [0.1, 0.15) is 11.3 Å². The number of benzene rings is 2. The van der Waals surface area contributed by atoms with Crippen LogP contribution in [0.2, 0.25) is 0 Å². The summed E-state index contributed by atoms with van der Waals surface area (Å²) in [5.74, 6) is 0.576. The molecule has 7 heteroatoms. The normalized spacial score (nSPS) is 10.9. The number of rotatable bonds is 7. The first-order valence-corrected chi connectivity index (χ1v) is 10.4. The Morgan fingerprint density at radius 2 is 1.90 bits per heavy atom. The Morgan fingerprint density at radius 1 is 1.13 bits per heavy atom. The van der Waals surface area contributed by atoms with Gasteiger partial charge < -0.3 is 14.3 Å². The molecular weight excluding hydrogens is 401 g/mol. The summed E-state index contributed by atoms with van der Waals surface area (Å²) in [5.41, 5.74) is 3.56. The highest BCUT2D eigenvalue weighted by Gasteiger charge is 2.15. The number of nitrogens with one attached hydrogen (secondary N) is 1. The fourth-order valence-corrected chi connectivity index (χ4v) is 3.78. The first kappa shape index (κ1) is 20.0. The molecule has 0 bridgehead atoms. The topological polar surface area (TPSA) is 60.1 Å². The van der Waals surface area contributed by atoms with Crippen LogP contribution in [-0.4, -0.2) is 21.2 Å². The first-order valence-electron chi connectivity index (χ1n) is 9.41. The van der Waals surface area contributed by atoms with Crippen LogP contribution < -0.4 is 5.32 Å². The predicted molar refractivity (Wildman–Crippen MR) is 116 cm³/mol. The molecule has 5 nitrogen and oxygen atoms in total. The fourth-order valence-electron chi connectivity index (χ4n) is 3.00. The number of carbonyl (C=O) groups excluding carboxylic acids is 1. The van der Waals surface area contributed by atoms with Crippen molar-refractivity contribution in [3.8, 4) is 11.3 Å². The van der Waals surface area contributed by atoms with Crippen LogP contribution in [0.5, 0.6) is 0 Å². The number of halogens is 1. The minimum absolute atomic E-state index is 0.111. The quantitative estimate of drug-likeness (QED) is 0.408. The molecule has 2 aromatic carbocycles. The standard InChI is InChI=1S/C23H20FN3O2S/c1-16-4-10-19(11-5-16)26-22(28)15-30-23-25-13-21(17-6-8-18(24)9-7-17)27(23)14-20-3-2-12-29-20/h2-13H,14-15H2,1H3,(H,26,28). The molecule has 2 aromatic heterocycles. The molecule has 2 heterocycles. The lowest BCUT2D eigenvalue weighted by Crippen LogP contribution is -2.14. The summed E-state index contributed by atoms with van der Waals surface area (Å²) in [6, 6.07) is 17.6. The monoisotopic (exact) mass is 421 g/mol. The van der Waals surface area contributed by atoms with Crippen LogP contribution in [0, 0.1) is 12.7 Å². The summed E-state index contributed by atoms with van der Waals surface area (Å²) in [6.45, 7) is 2.46. The van der Waals surface area contributed by atoms with E-state index in [2.05, 4.69) is 10.3 Å². The zero-order chi connectivity index (χ0) is 20.9. The van der Waals surface area contributed by atoms with Gasteiger partial charge in [0, 0.05) is 5.69 Å². The van der Waals surface area contributed by atoms with Gasteiger partial charge in [0.05, 0.1) is 30.5 Å². The van der Waals surface area contributed by atoms with E-state index in [9.17, 15) is 9.18 Å². The van der Waals surface area contributed by atoms with Crippen LogP contribution in [0.25, 0.3) is 11.3 Å². The number of nitrogens with zero attached hydrogens (tertiary/aromatic N) is 2. The third-order valence-electron chi connectivity index (χ3n) is 4.52. The molecule has 0 unspecified atom stereocenters. The number of thioether (sulfide) groups is 1. The second kappa shape index (κ2) is 9.00. The maximum atomic E-state index is 13.3. The number of aromatic nitrogens is 2. The molecule has 152 valence electrons. The van der Waals surface area contributed by atoms with Crippen molar-refractivity contribution in [2.75, 3.05) is 11.1 Å². The number of aryl methyl sites for hydroxylation is 1.